The average Bonchev–Trinajstić information content (AvgIpc) is 2.89. The van der Waals surface area contributed by atoms with Gasteiger partial charge in [-0.15, -0.1) is 0 Å². The molecule has 1 atom stereocenters. The maximum absolute atomic E-state index is 12.8. The molecule has 1 saturated heterocycles. The molecule has 22 heavy (non-hydrogen) atoms. The monoisotopic (exact) mass is 305 g/mol. The quantitative estimate of drug-likeness (QED) is 0.798. The summed E-state index contributed by atoms with van der Waals surface area (Å²) in [6.07, 6.45) is 2.94. The predicted molar refractivity (Wildman–Crippen MR) is 84.9 cm³/mol. The predicted octanol–water partition coefficient (Wildman–Crippen LogP) is 2.21. The minimum atomic E-state index is 0.0488. The van der Waals surface area contributed by atoms with E-state index in [1.54, 1.807) is 0 Å². The van der Waals surface area contributed by atoms with Crippen LogP contribution in [0.5, 0.6) is 0 Å². The van der Waals surface area contributed by atoms with Crippen LogP contribution in [0, 0.1) is 11.3 Å². The van der Waals surface area contributed by atoms with Crippen LogP contribution in [0.4, 0.5) is 0 Å². The van der Waals surface area contributed by atoms with E-state index in [1.807, 2.05) is 4.90 Å². The summed E-state index contributed by atoms with van der Waals surface area (Å²) in [7, 11) is 2.09. The Morgan fingerprint density at radius 3 is 2.55 bits per heavy atom. The van der Waals surface area contributed by atoms with Gasteiger partial charge in [0, 0.05) is 38.2 Å². The molecule has 1 aromatic rings. The molecule has 3 rings (SSSR count). The van der Waals surface area contributed by atoms with E-state index < -0.39 is 0 Å². The van der Waals surface area contributed by atoms with E-state index >= 15 is 0 Å². The Morgan fingerprint density at radius 1 is 1.23 bits per heavy atom. The molecule has 0 saturated carbocycles. The lowest BCUT2D eigenvalue weighted by molar-refractivity contribution is 0.0652. The van der Waals surface area contributed by atoms with E-state index in [9.17, 15) is 4.79 Å². The van der Waals surface area contributed by atoms with Crippen molar-refractivity contribution in [2.75, 3.05) is 33.2 Å². The molecular weight excluding hydrogens is 278 g/mol. The van der Waals surface area contributed by atoms with Crippen LogP contribution in [0.1, 0.15) is 49.0 Å². The molecule has 0 radical (unpaired) electrons. The molecule has 2 heterocycles. The van der Waals surface area contributed by atoms with Crippen molar-refractivity contribution < 1.29 is 9.32 Å². The second kappa shape index (κ2) is 5.69. The number of fused-ring (bicyclic) bond motifs is 1. The van der Waals surface area contributed by atoms with E-state index in [4.69, 9.17) is 4.52 Å². The topological polar surface area (TPSA) is 49.6 Å². The third kappa shape index (κ3) is 2.91. The Hall–Kier alpha value is -1.36. The number of hydrogen-bond acceptors (Lipinski definition) is 4. The number of hydrogen-bond donors (Lipinski definition) is 0. The number of piperazine rings is 1. The van der Waals surface area contributed by atoms with Gasteiger partial charge in [0.05, 0.1) is 0 Å². The normalized spacial score (nSPS) is 23.5. The summed E-state index contributed by atoms with van der Waals surface area (Å²) in [4.78, 5) is 16.9. The average molecular weight is 305 g/mol. The Labute approximate surface area is 132 Å². The van der Waals surface area contributed by atoms with Gasteiger partial charge in [-0.2, -0.15) is 0 Å². The van der Waals surface area contributed by atoms with Crippen LogP contribution < -0.4 is 0 Å². The van der Waals surface area contributed by atoms with Crippen LogP contribution in [0.25, 0.3) is 0 Å². The minimum Gasteiger partial charge on any atom is -0.360 e. The molecule has 122 valence electrons. The van der Waals surface area contributed by atoms with Gasteiger partial charge >= 0.3 is 0 Å². The van der Waals surface area contributed by atoms with Gasteiger partial charge in [0.1, 0.15) is 5.76 Å². The zero-order chi connectivity index (χ0) is 15.9. The first kappa shape index (κ1) is 15.5. The lowest BCUT2D eigenvalue weighted by atomic mass is 9.71. The van der Waals surface area contributed by atoms with Crippen molar-refractivity contribution in [1.29, 1.82) is 0 Å². The molecule has 2 aliphatic rings. The van der Waals surface area contributed by atoms with Crippen LogP contribution >= 0.6 is 0 Å². The molecule has 1 aliphatic carbocycles. The van der Waals surface area contributed by atoms with Gasteiger partial charge in [-0.1, -0.05) is 25.9 Å². The number of aryl methyl sites for hydroxylation is 1. The lowest BCUT2D eigenvalue weighted by Crippen LogP contribution is -2.47. The van der Waals surface area contributed by atoms with Crippen molar-refractivity contribution in [2.45, 2.75) is 40.0 Å². The summed E-state index contributed by atoms with van der Waals surface area (Å²) in [5, 5.41) is 4.13. The van der Waals surface area contributed by atoms with E-state index in [2.05, 4.69) is 37.9 Å². The van der Waals surface area contributed by atoms with Crippen LogP contribution in [-0.2, 0) is 12.8 Å². The Balaban J connectivity index is 1.79. The molecule has 0 bridgehead atoms. The molecule has 0 N–H and O–H groups in total. The Kier molecular flexibility index (Phi) is 4.02. The van der Waals surface area contributed by atoms with Crippen molar-refractivity contribution in [2.24, 2.45) is 11.3 Å². The summed E-state index contributed by atoms with van der Waals surface area (Å²) >= 11 is 0. The van der Waals surface area contributed by atoms with Crippen molar-refractivity contribution in [3.8, 4) is 0 Å². The van der Waals surface area contributed by atoms with Gasteiger partial charge in [0.25, 0.3) is 5.91 Å². The van der Waals surface area contributed by atoms with Crippen LogP contribution in [0.2, 0.25) is 0 Å². The van der Waals surface area contributed by atoms with Gasteiger partial charge in [0.15, 0.2) is 5.69 Å². The summed E-state index contributed by atoms with van der Waals surface area (Å²) < 4.78 is 5.47. The third-order valence-corrected chi connectivity index (χ3v) is 5.26. The maximum atomic E-state index is 12.8. The summed E-state index contributed by atoms with van der Waals surface area (Å²) in [6, 6.07) is 0. The van der Waals surface area contributed by atoms with Gasteiger partial charge in [-0.05, 0) is 31.2 Å². The second-order valence-corrected chi connectivity index (χ2v) is 7.83. The molecular formula is C17H27N3O2. The second-order valence-electron chi connectivity index (χ2n) is 7.83. The molecule has 5 nitrogen and oxygen atoms in total. The van der Waals surface area contributed by atoms with Crippen molar-refractivity contribution >= 4 is 5.91 Å². The molecule has 1 unspecified atom stereocenters. The molecule has 1 amide bonds. The fourth-order valence-electron chi connectivity index (χ4n) is 3.47. The Bertz CT molecular complexity index is 551. The fraction of sp³-hybridized carbons (Fsp3) is 0.765. The number of nitrogens with zero attached hydrogens (tertiary/aromatic N) is 3. The summed E-state index contributed by atoms with van der Waals surface area (Å²) in [5.74, 6) is 1.56. The molecule has 0 aromatic carbocycles. The summed E-state index contributed by atoms with van der Waals surface area (Å²) in [5.41, 5.74) is 1.88. The first-order valence-corrected chi connectivity index (χ1v) is 8.31. The molecule has 1 aliphatic heterocycles. The molecule has 1 aromatic heterocycles. The largest absolute Gasteiger partial charge is 0.360 e. The molecule has 1 fully saturated rings. The number of likely N-dealkylation sites (N-methyl/N-ethyl adjacent to an activating group) is 1. The van der Waals surface area contributed by atoms with E-state index in [1.165, 1.54) is 0 Å². The van der Waals surface area contributed by atoms with Gasteiger partial charge in [0.2, 0.25) is 0 Å². The van der Waals surface area contributed by atoms with Gasteiger partial charge in [-0.3, -0.25) is 4.79 Å². The highest BCUT2D eigenvalue weighted by Crippen LogP contribution is 2.38. The van der Waals surface area contributed by atoms with E-state index in [0.717, 1.165) is 56.8 Å². The highest BCUT2D eigenvalue weighted by atomic mass is 16.5. The minimum absolute atomic E-state index is 0.0488. The van der Waals surface area contributed by atoms with Crippen LogP contribution in [0.3, 0.4) is 0 Å². The van der Waals surface area contributed by atoms with Crippen LogP contribution in [0.15, 0.2) is 4.52 Å². The lowest BCUT2D eigenvalue weighted by Gasteiger charge is -2.34. The summed E-state index contributed by atoms with van der Waals surface area (Å²) in [6.45, 7) is 10.2. The molecule has 5 heteroatoms. The van der Waals surface area contributed by atoms with Crippen molar-refractivity contribution in [3.05, 3.63) is 17.0 Å². The number of carbonyl (C=O) groups is 1. The fourth-order valence-corrected chi connectivity index (χ4v) is 3.47. The number of carbonyl (C=O) groups excluding carboxylic acids is 1. The first-order valence-electron chi connectivity index (χ1n) is 8.31. The van der Waals surface area contributed by atoms with Gasteiger partial charge < -0.3 is 14.3 Å². The molecule has 0 spiro atoms. The maximum Gasteiger partial charge on any atom is 0.276 e. The smallest absolute Gasteiger partial charge is 0.276 e. The first-order chi connectivity index (χ1) is 10.4. The van der Waals surface area contributed by atoms with Crippen LogP contribution in [-0.4, -0.2) is 54.1 Å². The van der Waals surface area contributed by atoms with E-state index in [-0.39, 0.29) is 11.3 Å². The number of amides is 1. The Morgan fingerprint density at radius 2 is 1.91 bits per heavy atom. The van der Waals surface area contributed by atoms with E-state index in [0.29, 0.717) is 11.6 Å². The van der Waals surface area contributed by atoms with Gasteiger partial charge in [-0.25, -0.2) is 0 Å². The number of rotatable bonds is 1. The standard InChI is InChI=1S/C17H27N3O2/c1-17(2,3)12-5-6-14-13(11-12)15(18-22-14)16(21)20-9-7-19(4)8-10-20/h12H,5-11H2,1-4H3. The third-order valence-electron chi connectivity index (χ3n) is 5.26. The van der Waals surface area contributed by atoms with Crippen molar-refractivity contribution in [1.82, 2.24) is 15.0 Å². The highest BCUT2D eigenvalue weighted by molar-refractivity contribution is 5.94. The SMILES string of the molecule is CN1CCN(C(=O)c2noc3c2CC(C(C)(C)C)CC3)CC1. The number of aromatic nitrogens is 1. The van der Waals surface area contributed by atoms with Crippen molar-refractivity contribution in [3.63, 3.8) is 0 Å². The zero-order valence-electron chi connectivity index (χ0n) is 14.2. The highest BCUT2D eigenvalue weighted by Gasteiger charge is 2.35. The zero-order valence-corrected chi connectivity index (χ0v) is 14.2.